The standard InChI is InChI=1S/C20H26N2O2/c1-3-13-12-22-9-7-14(13)10-19(22)20(23)16-6-8-21-18-5-4-15(24-2)11-17(16)18/h4-6,8,11,13-14,19-20,23H,3,7,9-10,12H2,1-2H3/t13-,14?,19-,20+/m1/s1. The number of piperidine rings is 3. The number of nitrogens with zero attached hydrogens (tertiary/aromatic N) is 2. The second kappa shape index (κ2) is 6.34. The van der Waals surface area contributed by atoms with Gasteiger partial charge in [-0.2, -0.15) is 0 Å². The molecule has 0 saturated carbocycles. The molecule has 3 fully saturated rings. The van der Waals surface area contributed by atoms with Gasteiger partial charge in [0.05, 0.1) is 18.7 Å². The van der Waals surface area contributed by atoms with Crippen molar-refractivity contribution in [3.05, 3.63) is 36.0 Å². The van der Waals surface area contributed by atoms with Gasteiger partial charge in [0.1, 0.15) is 5.75 Å². The number of aromatic nitrogens is 1. The molecule has 4 nitrogen and oxygen atoms in total. The molecule has 3 aliphatic rings. The number of rotatable bonds is 4. The molecule has 1 N–H and O–H groups in total. The maximum atomic E-state index is 11.2. The van der Waals surface area contributed by atoms with E-state index in [4.69, 9.17) is 4.74 Å². The van der Waals surface area contributed by atoms with Gasteiger partial charge in [-0.25, -0.2) is 0 Å². The highest BCUT2D eigenvalue weighted by Gasteiger charge is 2.42. The number of aliphatic hydroxyl groups is 1. The van der Waals surface area contributed by atoms with E-state index >= 15 is 0 Å². The zero-order valence-corrected chi connectivity index (χ0v) is 14.5. The average molecular weight is 326 g/mol. The van der Waals surface area contributed by atoms with E-state index in [0.29, 0.717) is 0 Å². The molecule has 0 amide bonds. The molecule has 128 valence electrons. The summed E-state index contributed by atoms with van der Waals surface area (Å²) < 4.78 is 5.36. The van der Waals surface area contributed by atoms with E-state index in [2.05, 4.69) is 16.8 Å². The van der Waals surface area contributed by atoms with E-state index in [-0.39, 0.29) is 6.04 Å². The van der Waals surface area contributed by atoms with Crippen molar-refractivity contribution in [3.8, 4) is 5.75 Å². The van der Waals surface area contributed by atoms with E-state index < -0.39 is 6.10 Å². The molecular weight excluding hydrogens is 300 g/mol. The summed E-state index contributed by atoms with van der Waals surface area (Å²) in [5, 5.41) is 12.2. The van der Waals surface area contributed by atoms with Gasteiger partial charge in [-0.15, -0.1) is 0 Å². The first kappa shape index (κ1) is 15.9. The number of aliphatic hydroxyl groups excluding tert-OH is 1. The van der Waals surface area contributed by atoms with Gasteiger partial charge in [-0.05, 0) is 61.1 Å². The summed E-state index contributed by atoms with van der Waals surface area (Å²) in [4.78, 5) is 6.94. The summed E-state index contributed by atoms with van der Waals surface area (Å²) in [5.41, 5.74) is 1.89. The molecule has 2 aromatic rings. The molecule has 1 aromatic heterocycles. The number of hydrogen-bond donors (Lipinski definition) is 1. The average Bonchev–Trinajstić information content (AvgIpc) is 2.66. The van der Waals surface area contributed by atoms with Crippen molar-refractivity contribution in [1.82, 2.24) is 9.88 Å². The molecule has 5 rings (SSSR count). The molecule has 4 heterocycles. The summed E-state index contributed by atoms with van der Waals surface area (Å²) >= 11 is 0. The summed E-state index contributed by atoms with van der Waals surface area (Å²) in [6, 6.07) is 8.07. The van der Waals surface area contributed by atoms with Gasteiger partial charge < -0.3 is 9.84 Å². The normalized spacial score (nSPS) is 30.5. The van der Waals surface area contributed by atoms with E-state index in [0.717, 1.165) is 53.6 Å². The number of fused-ring (bicyclic) bond motifs is 4. The van der Waals surface area contributed by atoms with E-state index in [1.54, 1.807) is 13.3 Å². The van der Waals surface area contributed by atoms with Crippen molar-refractivity contribution in [2.24, 2.45) is 11.8 Å². The molecule has 24 heavy (non-hydrogen) atoms. The minimum atomic E-state index is -0.469. The highest BCUT2D eigenvalue weighted by atomic mass is 16.5. The number of methoxy groups -OCH3 is 1. The van der Waals surface area contributed by atoms with Gasteiger partial charge in [-0.1, -0.05) is 13.3 Å². The van der Waals surface area contributed by atoms with Crippen LogP contribution in [-0.2, 0) is 0 Å². The third-order valence-electron chi connectivity index (χ3n) is 6.13. The first-order valence-electron chi connectivity index (χ1n) is 9.06. The molecule has 2 bridgehead atoms. The first-order chi connectivity index (χ1) is 11.7. The fourth-order valence-electron chi connectivity index (χ4n) is 4.71. The zero-order chi connectivity index (χ0) is 16.7. The van der Waals surface area contributed by atoms with Gasteiger partial charge in [0, 0.05) is 24.2 Å². The molecule has 2 unspecified atom stereocenters. The predicted molar refractivity (Wildman–Crippen MR) is 95.1 cm³/mol. The van der Waals surface area contributed by atoms with Crippen LogP contribution in [0.4, 0.5) is 0 Å². The molecule has 3 saturated heterocycles. The Morgan fingerprint density at radius 2 is 2.25 bits per heavy atom. The molecule has 1 aromatic carbocycles. The van der Waals surface area contributed by atoms with Crippen LogP contribution in [0.5, 0.6) is 5.75 Å². The van der Waals surface area contributed by atoms with Crippen LogP contribution in [0.15, 0.2) is 30.5 Å². The van der Waals surface area contributed by atoms with E-state index in [9.17, 15) is 5.11 Å². The Morgan fingerprint density at radius 1 is 1.38 bits per heavy atom. The third kappa shape index (κ3) is 2.58. The molecule has 0 radical (unpaired) electrons. The Morgan fingerprint density at radius 3 is 2.96 bits per heavy atom. The van der Waals surface area contributed by atoms with Crippen molar-refractivity contribution in [3.63, 3.8) is 0 Å². The quantitative estimate of drug-likeness (QED) is 0.935. The second-order valence-electron chi connectivity index (χ2n) is 7.24. The van der Waals surface area contributed by atoms with Crippen LogP contribution < -0.4 is 4.74 Å². The minimum absolute atomic E-state index is 0.225. The topological polar surface area (TPSA) is 45.6 Å². The van der Waals surface area contributed by atoms with Crippen LogP contribution in [0.25, 0.3) is 10.9 Å². The largest absolute Gasteiger partial charge is 0.497 e. The number of ether oxygens (including phenoxy) is 1. The monoisotopic (exact) mass is 326 g/mol. The molecule has 5 atom stereocenters. The van der Waals surface area contributed by atoms with Crippen LogP contribution >= 0.6 is 0 Å². The minimum Gasteiger partial charge on any atom is -0.497 e. The van der Waals surface area contributed by atoms with Gasteiger partial charge in [0.25, 0.3) is 0 Å². The van der Waals surface area contributed by atoms with Gasteiger partial charge in [0.2, 0.25) is 0 Å². The van der Waals surface area contributed by atoms with Crippen LogP contribution in [-0.4, -0.2) is 41.2 Å². The molecule has 0 aliphatic carbocycles. The molecular formula is C20H26N2O2. The lowest BCUT2D eigenvalue weighted by Gasteiger charge is -2.51. The molecule has 0 spiro atoms. The van der Waals surface area contributed by atoms with Crippen molar-refractivity contribution in [1.29, 1.82) is 0 Å². The number of benzene rings is 1. The fraction of sp³-hybridized carbons (Fsp3) is 0.550. The molecule has 4 heteroatoms. The van der Waals surface area contributed by atoms with E-state index in [1.807, 2.05) is 24.3 Å². The Balaban J connectivity index is 1.68. The zero-order valence-electron chi connectivity index (χ0n) is 14.5. The highest BCUT2D eigenvalue weighted by Crippen LogP contribution is 2.42. The lowest BCUT2D eigenvalue weighted by molar-refractivity contribution is -0.0562. The van der Waals surface area contributed by atoms with Crippen LogP contribution in [0, 0.1) is 11.8 Å². The van der Waals surface area contributed by atoms with Crippen LogP contribution in [0.2, 0.25) is 0 Å². The van der Waals surface area contributed by atoms with Gasteiger partial charge >= 0.3 is 0 Å². The van der Waals surface area contributed by atoms with Crippen molar-refractivity contribution in [2.75, 3.05) is 20.2 Å². The van der Waals surface area contributed by atoms with E-state index in [1.165, 1.54) is 12.8 Å². The lowest BCUT2D eigenvalue weighted by atomic mass is 9.72. The second-order valence-corrected chi connectivity index (χ2v) is 7.24. The molecule has 3 aliphatic heterocycles. The lowest BCUT2D eigenvalue weighted by Crippen LogP contribution is -2.55. The summed E-state index contributed by atoms with van der Waals surface area (Å²) in [5.74, 6) is 2.37. The SMILES string of the molecule is CC[C@@H]1CN2CCC1C[C@@H]2[C@@H](O)c1ccnc2ccc(OC)cc12. The summed E-state index contributed by atoms with van der Waals surface area (Å²) in [6.07, 6.45) is 4.97. The maximum Gasteiger partial charge on any atom is 0.119 e. The predicted octanol–water partition coefficient (Wildman–Crippen LogP) is 3.40. The van der Waals surface area contributed by atoms with Gasteiger partial charge in [0.15, 0.2) is 0 Å². The Labute approximate surface area is 143 Å². The van der Waals surface area contributed by atoms with Crippen molar-refractivity contribution >= 4 is 10.9 Å². The Kier molecular flexibility index (Phi) is 4.19. The fourth-order valence-corrected chi connectivity index (χ4v) is 4.71. The number of hydrogen-bond acceptors (Lipinski definition) is 4. The smallest absolute Gasteiger partial charge is 0.119 e. The van der Waals surface area contributed by atoms with Crippen LogP contribution in [0.1, 0.15) is 37.9 Å². The summed E-state index contributed by atoms with van der Waals surface area (Å²) in [7, 11) is 1.67. The third-order valence-corrected chi connectivity index (χ3v) is 6.13. The van der Waals surface area contributed by atoms with Crippen molar-refractivity contribution < 1.29 is 9.84 Å². The Bertz CT molecular complexity index is 733. The highest BCUT2D eigenvalue weighted by molar-refractivity contribution is 5.83. The van der Waals surface area contributed by atoms with Crippen LogP contribution in [0.3, 0.4) is 0 Å². The van der Waals surface area contributed by atoms with Crippen molar-refractivity contribution in [2.45, 2.75) is 38.3 Å². The number of pyridine rings is 1. The Hall–Kier alpha value is -1.65. The van der Waals surface area contributed by atoms with Gasteiger partial charge in [-0.3, -0.25) is 9.88 Å². The first-order valence-corrected chi connectivity index (χ1v) is 9.06. The maximum absolute atomic E-state index is 11.2. The summed E-state index contributed by atoms with van der Waals surface area (Å²) in [6.45, 7) is 4.55.